The molecule has 0 heterocycles. The maximum Gasteiger partial charge on any atom is 0.240 e. The monoisotopic (exact) mass is 308 g/mol. The number of hydrogen-bond acceptors (Lipinski definition) is 3. The van der Waals surface area contributed by atoms with Crippen molar-refractivity contribution in [1.29, 1.82) is 0 Å². The summed E-state index contributed by atoms with van der Waals surface area (Å²) in [6, 6.07) is 7.26. The number of hydrogen-bond donors (Lipinski definition) is 2. The van der Waals surface area contributed by atoms with Gasteiger partial charge >= 0.3 is 0 Å². The van der Waals surface area contributed by atoms with Crippen LogP contribution in [0.1, 0.15) is 44.9 Å². The van der Waals surface area contributed by atoms with Crippen LogP contribution >= 0.6 is 0 Å². The lowest BCUT2D eigenvalue weighted by atomic mass is 9.89. The predicted octanol–water partition coefficient (Wildman–Crippen LogP) is 3.12. The Morgan fingerprint density at radius 1 is 0.952 bits per heavy atom. The first kappa shape index (κ1) is 14.9. The van der Waals surface area contributed by atoms with Crippen LogP contribution in [-0.2, 0) is 10.0 Å². The van der Waals surface area contributed by atoms with Gasteiger partial charge in [-0.3, -0.25) is 0 Å². The van der Waals surface area contributed by atoms with Gasteiger partial charge in [0.05, 0.1) is 4.90 Å². The van der Waals surface area contributed by atoms with E-state index in [2.05, 4.69) is 10.0 Å². The van der Waals surface area contributed by atoms with Crippen LogP contribution < -0.4 is 10.0 Å². The maximum atomic E-state index is 12.1. The van der Waals surface area contributed by atoms with Gasteiger partial charge in [0, 0.05) is 18.3 Å². The third-order valence-corrected chi connectivity index (χ3v) is 5.92. The van der Waals surface area contributed by atoms with E-state index in [1.165, 1.54) is 32.1 Å². The first-order valence-corrected chi connectivity index (χ1v) is 9.48. The fourth-order valence-corrected chi connectivity index (χ4v) is 4.20. The number of benzene rings is 1. The molecule has 5 heteroatoms. The van der Waals surface area contributed by atoms with E-state index >= 15 is 0 Å². The molecular formula is C16H24N2O2S. The molecule has 1 aromatic rings. The lowest BCUT2D eigenvalue weighted by Crippen LogP contribution is -2.25. The minimum atomic E-state index is -3.33. The van der Waals surface area contributed by atoms with Crippen molar-refractivity contribution < 1.29 is 8.42 Å². The summed E-state index contributed by atoms with van der Waals surface area (Å²) in [5, 5.41) is 3.43. The molecule has 2 aliphatic rings. The molecule has 1 aromatic carbocycles. The van der Waals surface area contributed by atoms with E-state index in [1.54, 1.807) is 12.1 Å². The summed E-state index contributed by atoms with van der Waals surface area (Å²) in [5.41, 5.74) is 1.01. The second-order valence-corrected chi connectivity index (χ2v) is 8.02. The normalized spacial score (nSPS) is 20.4. The fourth-order valence-electron chi connectivity index (χ4n) is 2.89. The summed E-state index contributed by atoms with van der Waals surface area (Å²) in [4.78, 5) is 0.359. The van der Waals surface area contributed by atoms with Gasteiger partial charge in [-0.25, -0.2) is 13.1 Å². The Morgan fingerprint density at radius 2 is 1.62 bits per heavy atom. The molecule has 2 fully saturated rings. The number of sulfonamides is 1. The standard InChI is InChI=1S/C16H24N2O2S/c19-21(20,18-15-6-7-15)16-10-8-14(9-11-16)17-12-13-4-2-1-3-5-13/h8-11,13,15,17-18H,1-7,12H2. The molecule has 0 radical (unpaired) electrons. The van der Waals surface area contributed by atoms with Crippen molar-refractivity contribution in [2.45, 2.75) is 55.9 Å². The summed E-state index contributed by atoms with van der Waals surface area (Å²) < 4.78 is 26.8. The molecule has 0 unspecified atom stereocenters. The van der Waals surface area contributed by atoms with Gasteiger partial charge in [0.25, 0.3) is 0 Å². The SMILES string of the molecule is O=S(=O)(NC1CC1)c1ccc(NCC2CCCCC2)cc1. The van der Waals surface area contributed by atoms with Crippen molar-refractivity contribution in [3.63, 3.8) is 0 Å². The van der Waals surface area contributed by atoms with Crippen LogP contribution in [0.25, 0.3) is 0 Å². The van der Waals surface area contributed by atoms with E-state index in [4.69, 9.17) is 0 Å². The van der Waals surface area contributed by atoms with Crippen LogP contribution in [0, 0.1) is 5.92 Å². The Balaban J connectivity index is 1.55. The first-order chi connectivity index (χ1) is 10.1. The highest BCUT2D eigenvalue weighted by atomic mass is 32.2. The van der Waals surface area contributed by atoms with Gasteiger partial charge in [0.1, 0.15) is 0 Å². The van der Waals surface area contributed by atoms with Crippen LogP contribution in [0.5, 0.6) is 0 Å². The summed E-state index contributed by atoms with van der Waals surface area (Å²) in [5.74, 6) is 0.763. The number of anilines is 1. The molecule has 2 N–H and O–H groups in total. The largest absolute Gasteiger partial charge is 0.385 e. The van der Waals surface area contributed by atoms with Gasteiger partial charge in [-0.2, -0.15) is 0 Å². The molecule has 0 bridgehead atoms. The van der Waals surface area contributed by atoms with Crippen LogP contribution in [-0.4, -0.2) is 21.0 Å². The van der Waals surface area contributed by atoms with E-state index in [0.717, 1.165) is 31.0 Å². The molecule has 0 aliphatic heterocycles. The van der Waals surface area contributed by atoms with Gasteiger partial charge in [0.2, 0.25) is 10.0 Å². The van der Waals surface area contributed by atoms with E-state index in [1.807, 2.05) is 12.1 Å². The zero-order valence-electron chi connectivity index (χ0n) is 12.3. The van der Waals surface area contributed by atoms with Crippen molar-refractivity contribution in [3.8, 4) is 0 Å². The highest BCUT2D eigenvalue weighted by molar-refractivity contribution is 7.89. The second kappa shape index (κ2) is 6.36. The molecule has 0 aromatic heterocycles. The molecule has 116 valence electrons. The topological polar surface area (TPSA) is 58.2 Å². The quantitative estimate of drug-likeness (QED) is 0.849. The molecule has 0 atom stereocenters. The van der Waals surface area contributed by atoms with Crippen molar-refractivity contribution in [1.82, 2.24) is 4.72 Å². The molecule has 0 amide bonds. The van der Waals surface area contributed by atoms with Crippen LogP contribution in [0.3, 0.4) is 0 Å². The van der Waals surface area contributed by atoms with Gasteiger partial charge in [-0.1, -0.05) is 19.3 Å². The van der Waals surface area contributed by atoms with Crippen LogP contribution in [0.2, 0.25) is 0 Å². The second-order valence-electron chi connectivity index (χ2n) is 6.30. The summed E-state index contributed by atoms with van der Waals surface area (Å²) in [6.07, 6.45) is 8.60. The Hall–Kier alpha value is -1.07. The lowest BCUT2D eigenvalue weighted by Gasteiger charge is -2.22. The zero-order valence-corrected chi connectivity index (χ0v) is 13.2. The maximum absolute atomic E-state index is 12.1. The zero-order chi connectivity index (χ0) is 14.7. The van der Waals surface area contributed by atoms with Crippen molar-refractivity contribution in [2.75, 3.05) is 11.9 Å². The van der Waals surface area contributed by atoms with Gasteiger partial charge in [0.15, 0.2) is 0 Å². The van der Waals surface area contributed by atoms with Crippen molar-refractivity contribution in [2.24, 2.45) is 5.92 Å². The Bertz CT molecular complexity index is 558. The molecule has 3 rings (SSSR count). The minimum Gasteiger partial charge on any atom is -0.385 e. The third kappa shape index (κ3) is 4.20. The van der Waals surface area contributed by atoms with E-state index in [-0.39, 0.29) is 6.04 Å². The van der Waals surface area contributed by atoms with Gasteiger partial charge in [-0.15, -0.1) is 0 Å². The molecule has 2 aliphatic carbocycles. The highest BCUT2D eigenvalue weighted by Gasteiger charge is 2.27. The molecule has 0 saturated heterocycles. The van der Waals surface area contributed by atoms with Crippen molar-refractivity contribution >= 4 is 15.7 Å². The van der Waals surface area contributed by atoms with Crippen molar-refractivity contribution in [3.05, 3.63) is 24.3 Å². The summed E-state index contributed by atoms with van der Waals surface area (Å²) in [6.45, 7) is 0.992. The van der Waals surface area contributed by atoms with Gasteiger partial charge in [-0.05, 0) is 55.9 Å². The lowest BCUT2D eigenvalue weighted by molar-refractivity contribution is 0.373. The number of rotatable bonds is 6. The summed E-state index contributed by atoms with van der Waals surface area (Å²) >= 11 is 0. The molecule has 2 saturated carbocycles. The Morgan fingerprint density at radius 3 is 2.24 bits per heavy atom. The highest BCUT2D eigenvalue weighted by Crippen LogP contribution is 2.25. The minimum absolute atomic E-state index is 0.152. The van der Waals surface area contributed by atoms with E-state index in [0.29, 0.717) is 4.90 Å². The van der Waals surface area contributed by atoms with E-state index in [9.17, 15) is 8.42 Å². The van der Waals surface area contributed by atoms with Crippen LogP contribution in [0.15, 0.2) is 29.2 Å². The Labute approximate surface area is 127 Å². The smallest absolute Gasteiger partial charge is 0.240 e. The average molecular weight is 308 g/mol. The fraction of sp³-hybridized carbons (Fsp3) is 0.625. The average Bonchev–Trinajstić information content (AvgIpc) is 3.30. The van der Waals surface area contributed by atoms with Gasteiger partial charge < -0.3 is 5.32 Å². The third-order valence-electron chi connectivity index (χ3n) is 4.38. The van der Waals surface area contributed by atoms with E-state index < -0.39 is 10.0 Å². The molecule has 4 nitrogen and oxygen atoms in total. The predicted molar refractivity (Wildman–Crippen MR) is 84.9 cm³/mol. The first-order valence-electron chi connectivity index (χ1n) is 8.00. The Kier molecular flexibility index (Phi) is 4.50. The summed E-state index contributed by atoms with van der Waals surface area (Å²) in [7, 11) is -3.33. The number of nitrogens with one attached hydrogen (secondary N) is 2. The molecule has 21 heavy (non-hydrogen) atoms. The molecule has 0 spiro atoms. The van der Waals surface area contributed by atoms with Crippen LogP contribution in [0.4, 0.5) is 5.69 Å². The molecular weight excluding hydrogens is 284 g/mol.